The first-order valence-corrected chi connectivity index (χ1v) is 13.2. The van der Waals surface area contributed by atoms with E-state index in [0.717, 1.165) is 33.6 Å². The largest absolute Gasteiger partial charge is 0.497 e. The lowest BCUT2D eigenvalue weighted by molar-refractivity contribution is -0.0498. The first-order chi connectivity index (χ1) is 21.0. The number of amides is 1. The summed E-state index contributed by atoms with van der Waals surface area (Å²) < 4.78 is 72.7. The molecule has 3 heterocycles. The second-order valence-corrected chi connectivity index (χ2v) is 9.80. The summed E-state index contributed by atoms with van der Waals surface area (Å²) in [5.74, 6) is -2.66. The molecule has 44 heavy (non-hydrogen) atoms. The molecule has 5 rings (SSSR count). The van der Waals surface area contributed by atoms with Gasteiger partial charge in [-0.25, -0.2) is 13.8 Å². The number of halogens is 4. The Morgan fingerprint density at radius 1 is 1.00 bits per heavy atom. The van der Waals surface area contributed by atoms with Gasteiger partial charge in [-0.15, -0.1) is 0 Å². The molecule has 2 aromatic carbocycles. The van der Waals surface area contributed by atoms with E-state index in [0.29, 0.717) is 24.5 Å². The first kappa shape index (κ1) is 30.4. The number of aliphatic hydroxyl groups excluding tert-OH is 1. The van der Waals surface area contributed by atoms with Crippen LogP contribution in [-0.2, 0) is 7.05 Å². The molecule has 15 heteroatoms. The number of pyridine rings is 1. The highest BCUT2D eigenvalue weighted by atomic mass is 19.3. The zero-order valence-electron chi connectivity index (χ0n) is 23.7. The van der Waals surface area contributed by atoms with Gasteiger partial charge in [-0.2, -0.15) is 13.5 Å². The minimum absolute atomic E-state index is 0.00202. The van der Waals surface area contributed by atoms with Crippen molar-refractivity contribution >= 4 is 17.4 Å². The van der Waals surface area contributed by atoms with Crippen molar-refractivity contribution in [2.45, 2.75) is 19.1 Å². The van der Waals surface area contributed by atoms with Gasteiger partial charge in [0, 0.05) is 50.0 Å². The summed E-state index contributed by atoms with van der Waals surface area (Å²) in [6.45, 7) is -2.30. The number of aliphatic hydroxyl groups is 1. The molecule has 1 atom stereocenters. The maximum absolute atomic E-state index is 15.4. The van der Waals surface area contributed by atoms with Gasteiger partial charge >= 0.3 is 6.61 Å². The van der Waals surface area contributed by atoms with Gasteiger partial charge in [0.25, 0.3) is 11.5 Å². The summed E-state index contributed by atoms with van der Waals surface area (Å²) in [5, 5.41) is 12.5. The van der Waals surface area contributed by atoms with Crippen LogP contribution in [0.3, 0.4) is 0 Å². The van der Waals surface area contributed by atoms with Gasteiger partial charge in [0.2, 0.25) is 0 Å². The summed E-state index contributed by atoms with van der Waals surface area (Å²) in [5.41, 5.74) is -2.41. The number of anilines is 2. The Bertz CT molecular complexity index is 1740. The van der Waals surface area contributed by atoms with Crippen molar-refractivity contribution < 1.29 is 41.7 Å². The van der Waals surface area contributed by atoms with E-state index in [4.69, 9.17) is 9.47 Å². The molecule has 0 bridgehead atoms. The second kappa shape index (κ2) is 12.3. The number of β-amino-alcohol motifs (C(OH)–C–C–N with tert-alkyl or cyclic N) is 1. The monoisotopic (exact) mass is 617 g/mol. The van der Waals surface area contributed by atoms with Crippen LogP contribution in [0.15, 0.2) is 53.3 Å². The van der Waals surface area contributed by atoms with Crippen molar-refractivity contribution in [3.63, 3.8) is 0 Å². The summed E-state index contributed by atoms with van der Waals surface area (Å²) in [7, 11) is 3.99. The second-order valence-electron chi connectivity index (χ2n) is 9.80. The number of rotatable bonds is 9. The third kappa shape index (κ3) is 5.90. The molecule has 2 aromatic heterocycles. The lowest BCUT2D eigenvalue weighted by Crippen LogP contribution is -2.26. The number of carbonyl (C=O) groups is 1. The molecule has 232 valence electrons. The third-order valence-electron chi connectivity index (χ3n) is 7.05. The Morgan fingerprint density at radius 2 is 1.61 bits per heavy atom. The van der Waals surface area contributed by atoms with Gasteiger partial charge in [0.1, 0.15) is 46.1 Å². The first-order valence-electron chi connectivity index (χ1n) is 13.2. The fourth-order valence-corrected chi connectivity index (χ4v) is 4.95. The van der Waals surface area contributed by atoms with Crippen LogP contribution in [0, 0.1) is 11.6 Å². The highest BCUT2D eigenvalue weighted by molar-refractivity contribution is 6.06. The van der Waals surface area contributed by atoms with Gasteiger partial charge in [-0.1, -0.05) is 0 Å². The van der Waals surface area contributed by atoms with Crippen molar-refractivity contribution in [2.75, 3.05) is 37.5 Å². The highest BCUT2D eigenvalue weighted by Gasteiger charge is 2.29. The van der Waals surface area contributed by atoms with Crippen LogP contribution < -0.4 is 30.0 Å². The fourth-order valence-electron chi connectivity index (χ4n) is 4.95. The third-order valence-corrected chi connectivity index (χ3v) is 7.05. The number of ether oxygens (including phenoxy) is 3. The molecule has 1 aliphatic heterocycles. The molecule has 11 nitrogen and oxygen atoms in total. The predicted octanol–water partition coefficient (Wildman–Crippen LogP) is 3.96. The molecule has 0 saturated carbocycles. The molecular formula is C29H27F4N5O6. The highest BCUT2D eigenvalue weighted by Crippen LogP contribution is 2.35. The number of methoxy groups -OCH3 is 2. The van der Waals surface area contributed by atoms with E-state index in [1.165, 1.54) is 39.5 Å². The number of alkyl halides is 2. The van der Waals surface area contributed by atoms with Gasteiger partial charge in [-0.3, -0.25) is 14.3 Å². The number of hydrogen-bond acceptors (Lipinski definition) is 8. The number of aromatic nitrogens is 3. The van der Waals surface area contributed by atoms with Crippen LogP contribution in [0.5, 0.6) is 17.2 Å². The van der Waals surface area contributed by atoms with Gasteiger partial charge in [0.05, 0.1) is 25.9 Å². The number of carbonyl (C=O) groups excluding carboxylic acids is 1. The zero-order valence-corrected chi connectivity index (χ0v) is 23.7. The van der Waals surface area contributed by atoms with E-state index in [1.807, 2.05) is 0 Å². The topological polar surface area (TPSA) is 120 Å². The Hall–Kier alpha value is -5.05. The van der Waals surface area contributed by atoms with Crippen molar-refractivity contribution in [3.05, 3.63) is 76.1 Å². The molecule has 1 aliphatic rings. The normalized spacial score (nSPS) is 14.7. The predicted molar refractivity (Wildman–Crippen MR) is 151 cm³/mol. The Kier molecular flexibility index (Phi) is 8.49. The Labute approximate surface area is 247 Å². The number of benzene rings is 2. The molecule has 0 unspecified atom stereocenters. The van der Waals surface area contributed by atoms with Crippen LogP contribution in [-0.4, -0.2) is 65.4 Å². The average Bonchev–Trinajstić information content (AvgIpc) is 3.53. The fraction of sp³-hybridized carbons (Fsp3) is 0.276. The summed E-state index contributed by atoms with van der Waals surface area (Å²) >= 11 is 0. The molecule has 0 radical (unpaired) electrons. The van der Waals surface area contributed by atoms with Crippen LogP contribution in [0.25, 0.3) is 17.1 Å². The van der Waals surface area contributed by atoms with Crippen LogP contribution in [0.2, 0.25) is 0 Å². The molecule has 2 N–H and O–H groups in total. The Morgan fingerprint density at radius 3 is 2.18 bits per heavy atom. The van der Waals surface area contributed by atoms with Crippen molar-refractivity contribution in [1.82, 2.24) is 14.3 Å². The van der Waals surface area contributed by atoms with Crippen LogP contribution in [0.1, 0.15) is 16.8 Å². The summed E-state index contributed by atoms with van der Waals surface area (Å²) in [6, 6.07) is 9.52. The lowest BCUT2D eigenvalue weighted by atomic mass is 10.1. The van der Waals surface area contributed by atoms with Crippen molar-refractivity contribution in [2.24, 2.45) is 7.05 Å². The maximum Gasteiger partial charge on any atom is 0.387 e. The van der Waals surface area contributed by atoms with Crippen LogP contribution >= 0.6 is 0 Å². The van der Waals surface area contributed by atoms with Crippen LogP contribution in [0.4, 0.5) is 29.1 Å². The van der Waals surface area contributed by atoms with Gasteiger partial charge in [-0.05, 0) is 30.7 Å². The van der Waals surface area contributed by atoms with E-state index in [-0.39, 0.29) is 35.1 Å². The summed E-state index contributed by atoms with van der Waals surface area (Å²) in [4.78, 5) is 33.6. The minimum atomic E-state index is -3.07. The maximum atomic E-state index is 15.4. The van der Waals surface area contributed by atoms with E-state index in [1.54, 1.807) is 11.0 Å². The average molecular weight is 618 g/mol. The smallest absolute Gasteiger partial charge is 0.387 e. The molecule has 0 aliphatic carbocycles. The van der Waals surface area contributed by atoms with Gasteiger partial charge < -0.3 is 29.5 Å². The van der Waals surface area contributed by atoms with E-state index in [9.17, 15) is 23.5 Å². The minimum Gasteiger partial charge on any atom is -0.497 e. The Balaban J connectivity index is 1.67. The zero-order chi connectivity index (χ0) is 31.7. The van der Waals surface area contributed by atoms with Gasteiger partial charge in [0.15, 0.2) is 5.82 Å². The molecule has 4 aromatic rings. The molecule has 1 saturated heterocycles. The molecule has 0 spiro atoms. The summed E-state index contributed by atoms with van der Waals surface area (Å²) in [6.07, 6.45) is -0.0705. The number of nitrogens with one attached hydrogen (secondary N) is 1. The molecule has 1 fully saturated rings. The standard InChI is InChI=1S/C29H27F4N5O6/c1-36-26(24-20(30)10-18(42-2)11-21(24)31)25(35-27(40)15-4-6-17(7-5-15)44-29(32)33)28(41)38(36)23-13-19(43-3)12-22(34-23)37-9-8-16(39)14-37/h4-7,10-13,16,29,39H,8-9,14H2,1-3H3,(H,35,40)/t16-/m0/s1. The lowest BCUT2D eigenvalue weighted by Gasteiger charge is -2.19. The van der Waals surface area contributed by atoms with Crippen molar-refractivity contribution in [1.29, 1.82) is 0 Å². The molecule has 1 amide bonds. The molecular weight excluding hydrogens is 590 g/mol. The number of nitrogens with zero attached hydrogens (tertiary/aromatic N) is 4. The SMILES string of the molecule is COc1cc(N2CC[C@H](O)C2)nc(-n2c(=O)c(NC(=O)c3ccc(OC(F)F)cc3)c(-c3c(F)cc(OC)cc3F)n2C)c1. The van der Waals surface area contributed by atoms with E-state index in [2.05, 4.69) is 15.0 Å². The number of hydrogen-bond donors (Lipinski definition) is 2. The van der Waals surface area contributed by atoms with Crippen molar-refractivity contribution in [3.8, 4) is 34.3 Å². The van der Waals surface area contributed by atoms with E-state index >= 15 is 8.78 Å². The van der Waals surface area contributed by atoms with E-state index < -0.39 is 47.1 Å². The quantitative estimate of drug-likeness (QED) is 0.271.